The van der Waals surface area contributed by atoms with Gasteiger partial charge >= 0.3 is 57.4 Å². The predicted octanol–water partition coefficient (Wildman–Crippen LogP) is 3.50. The molecule has 0 fully saturated rings. The molecule has 2 aromatic heterocycles. The summed E-state index contributed by atoms with van der Waals surface area (Å²) in [4.78, 5) is 10.8. The number of aliphatic carboxylic acids is 1. The van der Waals surface area contributed by atoms with Crippen molar-refractivity contribution in [1.29, 1.82) is 0 Å². The van der Waals surface area contributed by atoms with Crippen LogP contribution in [0.5, 0.6) is 5.75 Å². The first-order valence-electron chi connectivity index (χ1n) is 9.22. The molecule has 0 bridgehead atoms. The van der Waals surface area contributed by atoms with Crippen LogP contribution in [0.25, 0.3) is 16.5 Å². The Balaban J connectivity index is 0.00000280. The van der Waals surface area contributed by atoms with Gasteiger partial charge in [-0.05, 0) is 64.8 Å². The van der Waals surface area contributed by atoms with Gasteiger partial charge in [-0.1, -0.05) is 0 Å². The van der Waals surface area contributed by atoms with E-state index < -0.39 is 5.97 Å². The average Bonchev–Trinajstić information content (AvgIpc) is 2.90. The molecule has 0 spiro atoms. The fourth-order valence-corrected chi connectivity index (χ4v) is 3.70. The summed E-state index contributed by atoms with van der Waals surface area (Å²) >= 11 is 0. The minimum atomic E-state index is -0.786. The summed E-state index contributed by atoms with van der Waals surface area (Å²) in [7, 11) is 0. The van der Waals surface area contributed by atoms with Crippen LogP contribution in [0.15, 0.2) is 24.3 Å². The van der Waals surface area contributed by atoms with Crippen molar-refractivity contribution in [3.05, 3.63) is 47.0 Å². The SMILES string of the molecule is CCOc1ccc(-n2c(C)c3c(C)nnc(CCCC(=O)O)c3c2C)cc1.[KH]. The Kier molecular flexibility index (Phi) is 8.21. The van der Waals surface area contributed by atoms with Gasteiger partial charge in [-0.3, -0.25) is 4.79 Å². The van der Waals surface area contributed by atoms with Gasteiger partial charge in [-0.2, -0.15) is 10.2 Å². The number of carbonyl (C=O) groups is 1. The third kappa shape index (κ3) is 4.66. The summed E-state index contributed by atoms with van der Waals surface area (Å²) in [5, 5.41) is 19.8. The molecule has 0 atom stereocenters. The summed E-state index contributed by atoms with van der Waals surface area (Å²) in [5.41, 5.74) is 5.01. The number of nitrogens with zero attached hydrogens (tertiary/aromatic N) is 3. The van der Waals surface area contributed by atoms with E-state index in [1.54, 1.807) is 0 Å². The Morgan fingerprint density at radius 2 is 1.71 bits per heavy atom. The summed E-state index contributed by atoms with van der Waals surface area (Å²) in [6, 6.07) is 8.04. The van der Waals surface area contributed by atoms with Crippen molar-refractivity contribution in [2.24, 2.45) is 0 Å². The number of hydrogen-bond acceptors (Lipinski definition) is 4. The van der Waals surface area contributed by atoms with Crippen LogP contribution in [0.4, 0.5) is 0 Å². The second kappa shape index (κ2) is 9.98. The zero-order valence-electron chi connectivity index (χ0n) is 16.2. The van der Waals surface area contributed by atoms with E-state index in [9.17, 15) is 4.79 Å². The van der Waals surface area contributed by atoms with Crippen LogP contribution in [0.3, 0.4) is 0 Å². The van der Waals surface area contributed by atoms with Crippen molar-refractivity contribution in [3.8, 4) is 11.4 Å². The Morgan fingerprint density at radius 3 is 2.32 bits per heavy atom. The van der Waals surface area contributed by atoms with E-state index in [0.717, 1.165) is 45.0 Å². The quantitative estimate of drug-likeness (QED) is 0.607. The molecule has 1 N–H and O–H groups in total. The van der Waals surface area contributed by atoms with Gasteiger partial charge in [0.2, 0.25) is 0 Å². The van der Waals surface area contributed by atoms with Crippen molar-refractivity contribution >= 4 is 68.1 Å². The van der Waals surface area contributed by atoms with E-state index in [1.807, 2.05) is 38.1 Å². The number of hydrogen-bond donors (Lipinski definition) is 1. The number of fused-ring (bicyclic) bond motifs is 1. The van der Waals surface area contributed by atoms with Crippen LogP contribution < -0.4 is 4.74 Å². The molecular formula is C21H26KN3O3. The zero-order chi connectivity index (χ0) is 19.6. The first-order chi connectivity index (χ1) is 12.9. The van der Waals surface area contributed by atoms with Gasteiger partial charge in [-0.15, -0.1) is 0 Å². The molecule has 144 valence electrons. The molecule has 3 rings (SSSR count). The standard InChI is InChI=1S/C21H25N3O3.K.H/c1-5-27-17-11-9-16(10-12-17)24-14(3)20-13(2)22-23-18(21(20)15(24)4)7-6-8-19(25)26;;/h9-12H,5-8H2,1-4H3,(H,25,26);;. The van der Waals surface area contributed by atoms with Crippen LogP contribution >= 0.6 is 0 Å². The predicted molar refractivity (Wildman–Crippen MR) is 112 cm³/mol. The van der Waals surface area contributed by atoms with Crippen molar-refractivity contribution in [2.45, 2.75) is 47.0 Å². The first kappa shape index (κ1) is 23.0. The number of benzene rings is 1. The second-order valence-corrected chi connectivity index (χ2v) is 6.66. The van der Waals surface area contributed by atoms with Crippen LogP contribution in [0, 0.1) is 20.8 Å². The Bertz CT molecular complexity index is 981. The number of ether oxygens (including phenoxy) is 1. The Labute approximate surface area is 207 Å². The fourth-order valence-electron chi connectivity index (χ4n) is 3.70. The molecule has 6 nitrogen and oxygen atoms in total. The van der Waals surface area contributed by atoms with Gasteiger partial charge < -0.3 is 14.4 Å². The molecule has 0 aliphatic carbocycles. The van der Waals surface area contributed by atoms with Crippen LogP contribution in [-0.4, -0.2) is 83.8 Å². The monoisotopic (exact) mass is 407 g/mol. The number of rotatable bonds is 7. The molecule has 7 heteroatoms. The van der Waals surface area contributed by atoms with Gasteiger partial charge in [0.1, 0.15) is 5.75 Å². The fraction of sp³-hybridized carbons (Fsp3) is 0.381. The van der Waals surface area contributed by atoms with Crippen LogP contribution in [0.1, 0.15) is 42.5 Å². The maximum atomic E-state index is 10.8. The maximum absolute atomic E-state index is 10.8. The molecule has 0 saturated heterocycles. The summed E-state index contributed by atoms with van der Waals surface area (Å²) in [5.74, 6) is 0.0633. The van der Waals surface area contributed by atoms with Gasteiger partial charge in [-0.25, -0.2) is 0 Å². The normalized spacial score (nSPS) is 10.7. The molecule has 0 aliphatic rings. The van der Waals surface area contributed by atoms with Crippen LogP contribution in [0.2, 0.25) is 0 Å². The molecule has 0 radical (unpaired) electrons. The third-order valence-electron chi connectivity index (χ3n) is 4.83. The Hall–Kier alpha value is -1.25. The molecule has 2 heterocycles. The molecule has 0 aliphatic heterocycles. The van der Waals surface area contributed by atoms with E-state index in [4.69, 9.17) is 9.84 Å². The zero-order valence-corrected chi connectivity index (χ0v) is 16.2. The molecule has 28 heavy (non-hydrogen) atoms. The first-order valence-corrected chi connectivity index (χ1v) is 9.22. The van der Waals surface area contributed by atoms with E-state index in [1.165, 1.54) is 0 Å². The van der Waals surface area contributed by atoms with Gasteiger partial charge in [0.25, 0.3) is 0 Å². The van der Waals surface area contributed by atoms with E-state index in [0.29, 0.717) is 19.4 Å². The molecule has 0 amide bonds. The summed E-state index contributed by atoms with van der Waals surface area (Å²) in [6.45, 7) is 8.73. The van der Waals surface area contributed by atoms with Gasteiger partial charge in [0.05, 0.1) is 18.0 Å². The number of carboxylic acid groups (broad SMARTS) is 1. The number of aromatic nitrogens is 3. The molecular weight excluding hydrogens is 381 g/mol. The molecule has 0 saturated carbocycles. The Morgan fingerprint density at radius 1 is 1.07 bits per heavy atom. The number of aryl methyl sites for hydroxylation is 4. The summed E-state index contributed by atoms with van der Waals surface area (Å²) in [6.07, 6.45) is 1.28. The van der Waals surface area contributed by atoms with E-state index >= 15 is 0 Å². The van der Waals surface area contributed by atoms with Crippen molar-refractivity contribution in [1.82, 2.24) is 14.8 Å². The third-order valence-corrected chi connectivity index (χ3v) is 4.83. The van der Waals surface area contributed by atoms with Crippen LogP contribution in [-0.2, 0) is 11.2 Å². The minimum absolute atomic E-state index is 0. The second-order valence-electron chi connectivity index (χ2n) is 6.66. The number of carboxylic acids is 1. The van der Waals surface area contributed by atoms with Gasteiger partial charge in [0.15, 0.2) is 0 Å². The van der Waals surface area contributed by atoms with Crippen molar-refractivity contribution < 1.29 is 14.6 Å². The van der Waals surface area contributed by atoms with E-state index in [2.05, 4.69) is 28.6 Å². The summed E-state index contributed by atoms with van der Waals surface area (Å²) < 4.78 is 7.75. The van der Waals surface area contributed by atoms with E-state index in [-0.39, 0.29) is 57.8 Å². The van der Waals surface area contributed by atoms with Crippen molar-refractivity contribution in [3.63, 3.8) is 0 Å². The topological polar surface area (TPSA) is 77.2 Å². The molecule has 0 unspecified atom stereocenters. The molecule has 1 aromatic carbocycles. The average molecular weight is 408 g/mol. The molecule has 3 aromatic rings. The van der Waals surface area contributed by atoms with Gasteiger partial charge in [0, 0.05) is 34.3 Å². The van der Waals surface area contributed by atoms with Crippen molar-refractivity contribution in [2.75, 3.05) is 6.61 Å².